The molecule has 28 heavy (non-hydrogen) atoms. The zero-order valence-electron chi connectivity index (χ0n) is 15.3. The summed E-state index contributed by atoms with van der Waals surface area (Å²) in [5.74, 6) is -0.884. The van der Waals surface area contributed by atoms with Gasteiger partial charge in [0.15, 0.2) is 0 Å². The quantitative estimate of drug-likeness (QED) is 0.804. The summed E-state index contributed by atoms with van der Waals surface area (Å²) < 4.78 is 42.3. The van der Waals surface area contributed by atoms with Crippen molar-refractivity contribution in [3.8, 4) is 0 Å². The SMILES string of the molecule is O=C1CCc2cc(S(=O)(=O)NCC3CCN(c4ccccc4)C3)c(F)cc2N1. The van der Waals surface area contributed by atoms with Gasteiger partial charge in [-0.25, -0.2) is 17.5 Å². The van der Waals surface area contributed by atoms with Gasteiger partial charge in [-0.3, -0.25) is 4.79 Å². The molecule has 2 aliphatic heterocycles. The summed E-state index contributed by atoms with van der Waals surface area (Å²) in [5, 5.41) is 2.58. The first-order valence-corrected chi connectivity index (χ1v) is 10.8. The van der Waals surface area contributed by atoms with Crippen LogP contribution in [0.25, 0.3) is 0 Å². The van der Waals surface area contributed by atoms with Crippen LogP contribution in [0, 0.1) is 11.7 Å². The number of para-hydroxylation sites is 1. The number of rotatable bonds is 5. The van der Waals surface area contributed by atoms with Gasteiger partial charge < -0.3 is 10.2 Å². The Hall–Kier alpha value is -2.45. The lowest BCUT2D eigenvalue weighted by atomic mass is 10.0. The topological polar surface area (TPSA) is 78.5 Å². The van der Waals surface area contributed by atoms with Gasteiger partial charge in [0.05, 0.1) is 0 Å². The Morgan fingerprint density at radius 3 is 2.75 bits per heavy atom. The smallest absolute Gasteiger partial charge is 0.243 e. The number of nitrogens with one attached hydrogen (secondary N) is 2. The number of fused-ring (bicyclic) bond motifs is 1. The van der Waals surface area contributed by atoms with Gasteiger partial charge in [-0.15, -0.1) is 0 Å². The molecule has 1 unspecified atom stereocenters. The highest BCUT2D eigenvalue weighted by atomic mass is 32.2. The molecule has 0 saturated carbocycles. The third kappa shape index (κ3) is 3.88. The molecule has 2 N–H and O–H groups in total. The van der Waals surface area contributed by atoms with Crippen LogP contribution in [0.4, 0.5) is 15.8 Å². The Morgan fingerprint density at radius 2 is 1.96 bits per heavy atom. The van der Waals surface area contributed by atoms with Crippen LogP contribution in [-0.4, -0.2) is 34.0 Å². The van der Waals surface area contributed by atoms with Crippen LogP contribution >= 0.6 is 0 Å². The molecule has 0 aliphatic carbocycles. The summed E-state index contributed by atoms with van der Waals surface area (Å²) in [4.78, 5) is 13.3. The van der Waals surface area contributed by atoms with Crippen molar-refractivity contribution in [3.63, 3.8) is 0 Å². The van der Waals surface area contributed by atoms with Crippen LogP contribution in [0.15, 0.2) is 47.4 Å². The standard InChI is InChI=1S/C20H22FN3O3S/c21-17-11-18-15(6-7-20(25)23-18)10-19(17)28(26,27)22-12-14-8-9-24(13-14)16-4-2-1-3-5-16/h1-5,10-11,14,22H,6-9,12-13H2,(H,23,25). The third-order valence-corrected chi connectivity index (χ3v) is 6.75. The van der Waals surface area contributed by atoms with Crippen LogP contribution < -0.4 is 14.9 Å². The molecule has 1 amide bonds. The van der Waals surface area contributed by atoms with Crippen LogP contribution in [0.3, 0.4) is 0 Å². The number of carbonyl (C=O) groups is 1. The minimum absolute atomic E-state index is 0.162. The van der Waals surface area contributed by atoms with Crippen LogP contribution in [0.5, 0.6) is 0 Å². The predicted octanol–water partition coefficient (Wildman–Crippen LogP) is 2.52. The van der Waals surface area contributed by atoms with E-state index in [1.807, 2.05) is 30.3 Å². The van der Waals surface area contributed by atoms with Gasteiger partial charge in [-0.05, 0) is 48.6 Å². The minimum Gasteiger partial charge on any atom is -0.371 e. The van der Waals surface area contributed by atoms with Gasteiger partial charge in [0.2, 0.25) is 15.9 Å². The highest BCUT2D eigenvalue weighted by Gasteiger charge is 2.27. The normalized spacial score (nSPS) is 19.4. The first-order valence-electron chi connectivity index (χ1n) is 9.34. The lowest BCUT2D eigenvalue weighted by Gasteiger charge is -2.20. The van der Waals surface area contributed by atoms with E-state index >= 15 is 0 Å². The number of hydrogen-bond acceptors (Lipinski definition) is 4. The molecule has 4 rings (SSSR count). The third-order valence-electron chi connectivity index (χ3n) is 5.31. The van der Waals surface area contributed by atoms with E-state index in [1.54, 1.807) is 0 Å². The number of anilines is 2. The molecule has 2 aliphatic rings. The fourth-order valence-corrected chi connectivity index (χ4v) is 4.99. The first kappa shape index (κ1) is 18.9. The summed E-state index contributed by atoms with van der Waals surface area (Å²) in [6, 6.07) is 12.4. The van der Waals surface area contributed by atoms with Crippen LogP contribution in [-0.2, 0) is 21.2 Å². The molecule has 2 aromatic carbocycles. The summed E-state index contributed by atoms with van der Waals surface area (Å²) in [5.41, 5.74) is 2.11. The number of carbonyl (C=O) groups excluding carboxylic acids is 1. The number of amides is 1. The molecule has 0 spiro atoms. The zero-order valence-corrected chi connectivity index (χ0v) is 16.1. The second-order valence-electron chi connectivity index (χ2n) is 7.28. The Bertz CT molecular complexity index is 995. The molecule has 2 heterocycles. The largest absolute Gasteiger partial charge is 0.371 e. The molecule has 1 fully saturated rings. The van der Waals surface area contributed by atoms with Gasteiger partial charge in [0.25, 0.3) is 0 Å². The van der Waals surface area contributed by atoms with Crippen LogP contribution in [0.1, 0.15) is 18.4 Å². The van der Waals surface area contributed by atoms with Gasteiger partial charge in [-0.2, -0.15) is 0 Å². The molecule has 1 saturated heterocycles. The van der Waals surface area contributed by atoms with Gasteiger partial charge in [-0.1, -0.05) is 18.2 Å². The predicted molar refractivity (Wildman–Crippen MR) is 105 cm³/mol. The van der Waals surface area contributed by atoms with E-state index in [2.05, 4.69) is 14.9 Å². The van der Waals surface area contributed by atoms with Crippen molar-refractivity contribution in [2.75, 3.05) is 29.9 Å². The second-order valence-corrected chi connectivity index (χ2v) is 9.01. The summed E-state index contributed by atoms with van der Waals surface area (Å²) in [7, 11) is -3.96. The molecule has 0 radical (unpaired) electrons. The van der Waals surface area contributed by atoms with Crippen molar-refractivity contribution >= 4 is 27.3 Å². The number of halogens is 1. The zero-order chi connectivity index (χ0) is 19.7. The van der Waals surface area contributed by atoms with Crippen molar-refractivity contribution in [1.82, 2.24) is 4.72 Å². The maximum Gasteiger partial charge on any atom is 0.243 e. The highest BCUT2D eigenvalue weighted by Crippen LogP contribution is 2.28. The number of aryl methyl sites for hydroxylation is 1. The molecule has 8 heteroatoms. The van der Waals surface area contributed by atoms with Crippen molar-refractivity contribution < 1.29 is 17.6 Å². The van der Waals surface area contributed by atoms with Crippen LogP contribution in [0.2, 0.25) is 0 Å². The first-order chi connectivity index (χ1) is 13.4. The molecule has 1 atom stereocenters. The van der Waals surface area contributed by atoms with E-state index in [-0.39, 0.29) is 29.7 Å². The van der Waals surface area contributed by atoms with Crippen molar-refractivity contribution in [1.29, 1.82) is 0 Å². The Labute approximate surface area is 163 Å². The van der Waals surface area contributed by atoms with E-state index in [0.717, 1.165) is 31.3 Å². The van der Waals surface area contributed by atoms with Crippen molar-refractivity contribution in [2.45, 2.75) is 24.2 Å². The maximum atomic E-state index is 14.4. The molecule has 148 valence electrons. The van der Waals surface area contributed by atoms with Gasteiger partial charge in [0, 0.05) is 37.4 Å². The molecule has 0 bridgehead atoms. The minimum atomic E-state index is -3.96. The average molecular weight is 403 g/mol. The lowest BCUT2D eigenvalue weighted by molar-refractivity contribution is -0.116. The van der Waals surface area contributed by atoms with E-state index in [1.165, 1.54) is 6.07 Å². The second kappa shape index (κ2) is 7.52. The van der Waals surface area contributed by atoms with Gasteiger partial charge >= 0.3 is 0 Å². The lowest BCUT2D eigenvalue weighted by Crippen LogP contribution is -2.32. The van der Waals surface area contributed by atoms with E-state index in [4.69, 9.17) is 0 Å². The van der Waals surface area contributed by atoms with Crippen molar-refractivity contribution in [3.05, 3.63) is 53.8 Å². The van der Waals surface area contributed by atoms with E-state index in [9.17, 15) is 17.6 Å². The Balaban J connectivity index is 1.43. The van der Waals surface area contributed by atoms with E-state index < -0.39 is 15.8 Å². The van der Waals surface area contributed by atoms with E-state index in [0.29, 0.717) is 17.7 Å². The molecular formula is C20H22FN3O3S. The maximum absolute atomic E-state index is 14.4. The number of sulfonamides is 1. The number of nitrogens with zero attached hydrogens (tertiary/aromatic N) is 1. The Kier molecular flexibility index (Phi) is 5.07. The fourth-order valence-electron chi connectivity index (χ4n) is 3.76. The summed E-state index contributed by atoms with van der Waals surface area (Å²) in [6.45, 7) is 1.88. The monoisotopic (exact) mass is 403 g/mol. The molecule has 6 nitrogen and oxygen atoms in total. The molecule has 2 aromatic rings. The summed E-state index contributed by atoms with van der Waals surface area (Å²) in [6.07, 6.45) is 1.54. The number of benzene rings is 2. The molecular weight excluding hydrogens is 381 g/mol. The van der Waals surface area contributed by atoms with Gasteiger partial charge in [0.1, 0.15) is 10.7 Å². The fraction of sp³-hybridized carbons (Fsp3) is 0.350. The molecule has 0 aromatic heterocycles. The number of hydrogen-bond donors (Lipinski definition) is 2. The van der Waals surface area contributed by atoms with Crippen molar-refractivity contribution in [2.24, 2.45) is 5.92 Å². The highest BCUT2D eigenvalue weighted by molar-refractivity contribution is 7.89. The summed E-state index contributed by atoms with van der Waals surface area (Å²) >= 11 is 0. The Morgan fingerprint density at radius 1 is 1.18 bits per heavy atom. The average Bonchev–Trinajstić information content (AvgIpc) is 3.15.